The summed E-state index contributed by atoms with van der Waals surface area (Å²) in [6.07, 6.45) is 0. The van der Waals surface area contributed by atoms with Gasteiger partial charge in [-0.05, 0) is 26.1 Å². The molecule has 6 nitrogen and oxygen atoms in total. The number of aromatic nitrogens is 1. The van der Waals surface area contributed by atoms with Gasteiger partial charge >= 0.3 is 6.03 Å². The van der Waals surface area contributed by atoms with Crippen LogP contribution in [0.4, 0.5) is 4.79 Å². The van der Waals surface area contributed by atoms with Gasteiger partial charge in [-0.1, -0.05) is 12.1 Å². The number of likely N-dealkylation sites (N-methyl/N-ethyl adjacent to an activating group) is 1. The number of imide groups is 1. The highest BCUT2D eigenvalue weighted by Crippen LogP contribution is 2.28. The monoisotopic (exact) mass is 306 g/mol. The van der Waals surface area contributed by atoms with Crippen LogP contribution in [0.1, 0.15) is 18.0 Å². The van der Waals surface area contributed by atoms with Crippen LogP contribution in [-0.2, 0) is 4.79 Å². The first kappa shape index (κ1) is 15.4. The van der Waals surface area contributed by atoms with Crippen molar-refractivity contribution < 1.29 is 9.59 Å². The molecular weight excluding hydrogens is 288 g/mol. The average Bonchev–Trinajstić information content (AvgIpc) is 2.89. The zero-order valence-electron chi connectivity index (χ0n) is 12.2. The second kappa shape index (κ2) is 6.64. The molecule has 2 N–H and O–H groups in total. The lowest BCUT2D eigenvalue weighted by molar-refractivity contribution is -0.121. The van der Waals surface area contributed by atoms with Crippen LogP contribution in [0, 0.1) is 0 Å². The molecule has 2 aromatic rings. The average molecular weight is 306 g/mol. The largest absolute Gasteiger partial charge is 0.341 e. The number of para-hydroxylation sites is 1. The van der Waals surface area contributed by atoms with Gasteiger partial charge in [-0.2, -0.15) is 0 Å². The number of carbonyl (C=O) groups excluding carboxylic acids is 2. The van der Waals surface area contributed by atoms with Crippen molar-refractivity contribution in [3.63, 3.8) is 0 Å². The van der Waals surface area contributed by atoms with Crippen molar-refractivity contribution in [1.82, 2.24) is 20.5 Å². The van der Waals surface area contributed by atoms with E-state index >= 15 is 0 Å². The van der Waals surface area contributed by atoms with Crippen LogP contribution in [0.5, 0.6) is 0 Å². The van der Waals surface area contributed by atoms with E-state index in [1.165, 1.54) is 7.05 Å². The lowest BCUT2D eigenvalue weighted by Gasteiger charge is -2.21. The Morgan fingerprint density at radius 3 is 2.76 bits per heavy atom. The van der Waals surface area contributed by atoms with Gasteiger partial charge in [-0.15, -0.1) is 11.3 Å². The van der Waals surface area contributed by atoms with E-state index in [4.69, 9.17) is 0 Å². The topological polar surface area (TPSA) is 74.3 Å². The van der Waals surface area contributed by atoms with Gasteiger partial charge < -0.3 is 5.32 Å². The van der Waals surface area contributed by atoms with Crippen LogP contribution in [0.15, 0.2) is 24.3 Å². The van der Waals surface area contributed by atoms with E-state index in [1.54, 1.807) is 11.3 Å². The predicted molar refractivity (Wildman–Crippen MR) is 83.3 cm³/mol. The molecule has 0 saturated carbocycles. The zero-order chi connectivity index (χ0) is 15.4. The number of carbonyl (C=O) groups is 2. The molecule has 1 aromatic heterocycles. The van der Waals surface area contributed by atoms with E-state index in [-0.39, 0.29) is 18.5 Å². The minimum atomic E-state index is -0.499. The number of thiazole rings is 1. The summed E-state index contributed by atoms with van der Waals surface area (Å²) in [5.74, 6) is -0.343. The molecule has 0 unspecified atom stereocenters. The van der Waals surface area contributed by atoms with E-state index in [0.717, 1.165) is 15.2 Å². The second-order valence-electron chi connectivity index (χ2n) is 4.74. The van der Waals surface area contributed by atoms with Crippen molar-refractivity contribution >= 4 is 33.5 Å². The normalized spacial score (nSPS) is 12.4. The number of urea groups is 1. The first-order chi connectivity index (χ1) is 10.0. The summed E-state index contributed by atoms with van der Waals surface area (Å²) in [5.41, 5.74) is 0.965. The minimum absolute atomic E-state index is 0.00200. The number of rotatable bonds is 4. The summed E-state index contributed by atoms with van der Waals surface area (Å²) in [5, 5.41) is 5.54. The summed E-state index contributed by atoms with van der Waals surface area (Å²) in [6, 6.07) is 7.44. The van der Waals surface area contributed by atoms with Gasteiger partial charge in [0.05, 0.1) is 22.8 Å². The number of benzene rings is 1. The molecule has 0 aliphatic carbocycles. The fourth-order valence-electron chi connectivity index (χ4n) is 1.85. The summed E-state index contributed by atoms with van der Waals surface area (Å²) >= 11 is 1.62. The molecule has 1 atom stereocenters. The molecule has 0 bridgehead atoms. The minimum Gasteiger partial charge on any atom is -0.341 e. The summed E-state index contributed by atoms with van der Waals surface area (Å²) in [4.78, 5) is 29.2. The SMILES string of the molecule is CNC(=O)NC(=O)CN(C)[C@H](C)c1nc2ccccc2s1. The fraction of sp³-hybridized carbons (Fsp3) is 0.357. The Kier molecular flexibility index (Phi) is 4.87. The van der Waals surface area contributed by atoms with Gasteiger partial charge in [-0.3, -0.25) is 15.0 Å². The molecule has 0 aliphatic rings. The zero-order valence-corrected chi connectivity index (χ0v) is 13.0. The second-order valence-corrected chi connectivity index (χ2v) is 5.80. The molecule has 0 spiro atoms. The third-order valence-electron chi connectivity index (χ3n) is 3.20. The lowest BCUT2D eigenvalue weighted by Crippen LogP contribution is -2.43. The van der Waals surface area contributed by atoms with Gasteiger partial charge in [0.1, 0.15) is 5.01 Å². The van der Waals surface area contributed by atoms with Crippen LogP contribution in [0.3, 0.4) is 0 Å². The molecule has 0 aliphatic heterocycles. The molecule has 0 fully saturated rings. The van der Waals surface area contributed by atoms with Crippen molar-refractivity contribution in [2.75, 3.05) is 20.6 Å². The van der Waals surface area contributed by atoms with Crippen LogP contribution < -0.4 is 10.6 Å². The Balaban J connectivity index is 2.03. The molecule has 1 aromatic carbocycles. The van der Waals surface area contributed by atoms with Gasteiger partial charge in [0.25, 0.3) is 0 Å². The maximum absolute atomic E-state index is 11.7. The highest BCUT2D eigenvalue weighted by molar-refractivity contribution is 7.18. The van der Waals surface area contributed by atoms with Crippen molar-refractivity contribution in [3.05, 3.63) is 29.3 Å². The maximum atomic E-state index is 11.7. The van der Waals surface area contributed by atoms with E-state index < -0.39 is 6.03 Å². The highest BCUT2D eigenvalue weighted by Gasteiger charge is 2.19. The number of amides is 3. The lowest BCUT2D eigenvalue weighted by atomic mass is 10.3. The van der Waals surface area contributed by atoms with Crippen LogP contribution in [0.2, 0.25) is 0 Å². The molecule has 0 radical (unpaired) electrons. The Hall–Kier alpha value is -1.99. The molecule has 21 heavy (non-hydrogen) atoms. The number of hydrogen-bond acceptors (Lipinski definition) is 5. The van der Waals surface area contributed by atoms with Gasteiger partial charge in [0.15, 0.2) is 0 Å². The molecule has 3 amide bonds. The van der Waals surface area contributed by atoms with Gasteiger partial charge in [-0.25, -0.2) is 9.78 Å². The van der Waals surface area contributed by atoms with E-state index in [0.29, 0.717) is 0 Å². The highest BCUT2D eigenvalue weighted by atomic mass is 32.1. The number of hydrogen-bond donors (Lipinski definition) is 2. The first-order valence-corrected chi connectivity index (χ1v) is 7.40. The van der Waals surface area contributed by atoms with E-state index in [9.17, 15) is 9.59 Å². The van der Waals surface area contributed by atoms with Crippen LogP contribution >= 0.6 is 11.3 Å². The van der Waals surface area contributed by atoms with E-state index in [1.807, 2.05) is 43.1 Å². The summed E-state index contributed by atoms with van der Waals surface area (Å²) in [7, 11) is 3.30. The summed E-state index contributed by atoms with van der Waals surface area (Å²) < 4.78 is 1.13. The maximum Gasteiger partial charge on any atom is 0.321 e. The molecular formula is C14H18N4O2S. The van der Waals surface area contributed by atoms with Gasteiger partial charge in [0, 0.05) is 7.05 Å². The quantitative estimate of drug-likeness (QED) is 0.902. The van der Waals surface area contributed by atoms with Crippen molar-refractivity contribution in [2.45, 2.75) is 13.0 Å². The Bertz CT molecular complexity index is 622. The van der Waals surface area contributed by atoms with Gasteiger partial charge in [0.2, 0.25) is 5.91 Å². The summed E-state index contributed by atoms with van der Waals surface area (Å²) in [6.45, 7) is 2.12. The predicted octanol–water partition coefficient (Wildman–Crippen LogP) is 1.74. The smallest absolute Gasteiger partial charge is 0.321 e. The van der Waals surface area contributed by atoms with Crippen LogP contribution in [-0.4, -0.2) is 42.5 Å². The third-order valence-corrected chi connectivity index (χ3v) is 4.41. The van der Waals surface area contributed by atoms with E-state index in [2.05, 4.69) is 15.6 Å². The Morgan fingerprint density at radius 2 is 2.10 bits per heavy atom. The van der Waals surface area contributed by atoms with Crippen molar-refractivity contribution in [3.8, 4) is 0 Å². The number of nitrogens with zero attached hydrogens (tertiary/aromatic N) is 2. The standard InChI is InChI=1S/C14H18N4O2S/c1-9(18(3)8-12(19)17-14(20)15-2)13-16-10-6-4-5-7-11(10)21-13/h4-7,9H,8H2,1-3H3,(H2,15,17,19,20)/t9-/m1/s1. The van der Waals surface area contributed by atoms with Crippen LogP contribution in [0.25, 0.3) is 10.2 Å². The third kappa shape index (κ3) is 3.77. The molecule has 0 saturated heterocycles. The first-order valence-electron chi connectivity index (χ1n) is 6.58. The Labute approximate surface area is 127 Å². The van der Waals surface area contributed by atoms with Crippen molar-refractivity contribution in [2.24, 2.45) is 0 Å². The Morgan fingerprint density at radius 1 is 1.38 bits per heavy atom. The molecule has 112 valence electrons. The molecule has 2 rings (SSSR count). The molecule has 7 heteroatoms. The number of fused-ring (bicyclic) bond motifs is 1. The molecule has 1 heterocycles. The fourth-order valence-corrected chi connectivity index (χ4v) is 2.93. The van der Waals surface area contributed by atoms with Crippen molar-refractivity contribution in [1.29, 1.82) is 0 Å². The number of nitrogens with one attached hydrogen (secondary N) is 2.